The summed E-state index contributed by atoms with van der Waals surface area (Å²) in [5, 5.41) is 9.19. The van der Waals surface area contributed by atoms with E-state index in [9.17, 15) is 19.2 Å². The van der Waals surface area contributed by atoms with Crippen molar-refractivity contribution >= 4 is 46.0 Å². The lowest BCUT2D eigenvalue weighted by Gasteiger charge is -2.28. The number of nitrogens with one attached hydrogen (secondary N) is 3. The third kappa shape index (κ3) is 7.80. The van der Waals surface area contributed by atoms with Crippen molar-refractivity contribution < 1.29 is 38.1 Å². The molecular weight excluding hydrogens is 576 g/mol. The van der Waals surface area contributed by atoms with Crippen LogP contribution in [0.2, 0.25) is 0 Å². The van der Waals surface area contributed by atoms with Crippen LogP contribution in [-0.4, -0.2) is 50.4 Å². The van der Waals surface area contributed by atoms with Crippen LogP contribution in [0.1, 0.15) is 37.9 Å². The first-order valence-electron chi connectivity index (χ1n) is 11.7. The number of ether oxygens (including phenoxy) is 4. The van der Waals surface area contributed by atoms with Gasteiger partial charge in [-0.2, -0.15) is 5.10 Å². The maximum absolute atomic E-state index is 12.5. The van der Waals surface area contributed by atoms with Crippen LogP contribution >= 0.6 is 15.9 Å². The van der Waals surface area contributed by atoms with Gasteiger partial charge in [0.15, 0.2) is 18.1 Å². The quantitative estimate of drug-likeness (QED) is 0.162. The maximum atomic E-state index is 12.5. The standard InChI is InChI=1S/C26H27BrN4O8/c1-5-37-25(34)23-14(2)29-26(35)30-24(23)17-7-9-20(21(11-17)36-4)38-13-22(33)31-28-12-16-6-8-19(18(27)10-16)39-15(3)32/h6-12,24H,5,13H2,1-4H3,(H,31,33)(H2,29,30,35)/b28-12+/t24-/m0/s1. The molecule has 13 heteroatoms. The van der Waals surface area contributed by atoms with Crippen LogP contribution in [0, 0.1) is 0 Å². The summed E-state index contributed by atoms with van der Waals surface area (Å²) in [5.41, 5.74) is 4.20. The van der Waals surface area contributed by atoms with Gasteiger partial charge in [-0.05, 0) is 71.2 Å². The Hall–Kier alpha value is -4.39. The zero-order valence-corrected chi connectivity index (χ0v) is 23.2. The Balaban J connectivity index is 1.65. The van der Waals surface area contributed by atoms with E-state index in [4.69, 9.17) is 18.9 Å². The Morgan fingerprint density at radius 3 is 2.54 bits per heavy atom. The molecule has 3 N–H and O–H groups in total. The summed E-state index contributed by atoms with van der Waals surface area (Å²) in [6.07, 6.45) is 1.42. The van der Waals surface area contributed by atoms with Gasteiger partial charge in [-0.3, -0.25) is 9.59 Å². The van der Waals surface area contributed by atoms with E-state index >= 15 is 0 Å². The van der Waals surface area contributed by atoms with Crippen molar-refractivity contribution in [1.29, 1.82) is 0 Å². The molecule has 1 heterocycles. The van der Waals surface area contributed by atoms with E-state index in [0.717, 1.165) is 0 Å². The molecule has 1 aliphatic rings. The van der Waals surface area contributed by atoms with Gasteiger partial charge >= 0.3 is 18.0 Å². The van der Waals surface area contributed by atoms with E-state index in [-0.39, 0.29) is 30.3 Å². The number of rotatable bonds is 10. The maximum Gasteiger partial charge on any atom is 0.338 e. The second kappa shape index (κ2) is 13.4. The van der Waals surface area contributed by atoms with Crippen molar-refractivity contribution in [1.82, 2.24) is 16.1 Å². The average molecular weight is 603 g/mol. The molecule has 0 saturated heterocycles. The molecule has 206 valence electrons. The monoisotopic (exact) mass is 602 g/mol. The fourth-order valence-electron chi connectivity index (χ4n) is 3.60. The minimum absolute atomic E-state index is 0.179. The number of carbonyl (C=O) groups is 4. The van der Waals surface area contributed by atoms with E-state index in [1.165, 1.54) is 20.2 Å². The first-order chi connectivity index (χ1) is 18.6. The van der Waals surface area contributed by atoms with E-state index in [1.807, 2.05) is 0 Å². The fourth-order valence-corrected chi connectivity index (χ4v) is 4.07. The minimum atomic E-state index is -0.776. The van der Waals surface area contributed by atoms with Crippen molar-refractivity contribution in [2.24, 2.45) is 5.10 Å². The Labute approximate surface area is 232 Å². The first kappa shape index (κ1) is 29.2. The lowest BCUT2D eigenvalue weighted by Crippen LogP contribution is -2.45. The topological polar surface area (TPSA) is 154 Å². The molecule has 12 nitrogen and oxygen atoms in total. The van der Waals surface area contributed by atoms with Crippen molar-refractivity contribution in [2.45, 2.75) is 26.8 Å². The predicted molar refractivity (Wildman–Crippen MR) is 143 cm³/mol. The Morgan fingerprint density at radius 2 is 1.87 bits per heavy atom. The summed E-state index contributed by atoms with van der Waals surface area (Å²) >= 11 is 3.31. The molecule has 2 aromatic carbocycles. The number of amides is 3. The third-order valence-electron chi connectivity index (χ3n) is 5.26. The smallest absolute Gasteiger partial charge is 0.338 e. The molecule has 0 radical (unpaired) electrons. The van der Waals surface area contributed by atoms with Crippen LogP contribution in [0.5, 0.6) is 17.2 Å². The number of nitrogens with zero attached hydrogens (tertiary/aromatic N) is 1. The van der Waals surface area contributed by atoms with Gasteiger partial charge in [0, 0.05) is 12.6 Å². The number of hydrazone groups is 1. The van der Waals surface area contributed by atoms with Crippen LogP contribution in [0.4, 0.5) is 4.79 Å². The number of methoxy groups -OCH3 is 1. The Morgan fingerprint density at radius 1 is 1.13 bits per heavy atom. The summed E-state index contributed by atoms with van der Waals surface area (Å²) in [5.74, 6) is -0.609. The molecule has 2 aromatic rings. The third-order valence-corrected chi connectivity index (χ3v) is 5.88. The molecule has 3 amide bonds. The molecule has 0 fully saturated rings. The molecular formula is C26H27BrN4O8. The highest BCUT2D eigenvalue weighted by molar-refractivity contribution is 9.10. The van der Waals surface area contributed by atoms with Gasteiger partial charge in [0.2, 0.25) is 0 Å². The van der Waals surface area contributed by atoms with Gasteiger partial charge in [-0.25, -0.2) is 15.0 Å². The van der Waals surface area contributed by atoms with Crippen LogP contribution < -0.4 is 30.3 Å². The number of hydrogen-bond acceptors (Lipinski definition) is 9. The molecule has 0 bridgehead atoms. The summed E-state index contributed by atoms with van der Waals surface area (Å²) in [6.45, 7) is 4.43. The minimum Gasteiger partial charge on any atom is -0.493 e. The van der Waals surface area contributed by atoms with Crippen LogP contribution in [-0.2, 0) is 19.1 Å². The second-order valence-electron chi connectivity index (χ2n) is 8.07. The first-order valence-corrected chi connectivity index (χ1v) is 12.5. The number of esters is 2. The predicted octanol–water partition coefficient (Wildman–Crippen LogP) is 3.10. The van der Waals surface area contributed by atoms with Crippen LogP contribution in [0.15, 0.2) is 57.2 Å². The summed E-state index contributed by atoms with van der Waals surface area (Å²) in [6, 6.07) is 8.51. The highest BCUT2D eigenvalue weighted by atomic mass is 79.9. The second-order valence-corrected chi connectivity index (χ2v) is 8.92. The Kier molecular flexibility index (Phi) is 10.0. The van der Waals surface area contributed by atoms with Crippen molar-refractivity contribution in [2.75, 3.05) is 20.3 Å². The molecule has 0 aromatic heterocycles. The van der Waals surface area contributed by atoms with E-state index in [1.54, 1.807) is 50.2 Å². The number of urea groups is 1. The fraction of sp³-hybridized carbons (Fsp3) is 0.269. The largest absolute Gasteiger partial charge is 0.493 e. The van der Waals surface area contributed by atoms with E-state index in [0.29, 0.717) is 27.0 Å². The van der Waals surface area contributed by atoms with Crippen molar-refractivity contribution in [3.63, 3.8) is 0 Å². The molecule has 0 spiro atoms. The summed E-state index contributed by atoms with van der Waals surface area (Å²) in [7, 11) is 1.43. The number of halogens is 1. The van der Waals surface area contributed by atoms with Gasteiger partial charge in [0.25, 0.3) is 5.91 Å². The zero-order chi connectivity index (χ0) is 28.5. The van der Waals surface area contributed by atoms with Gasteiger partial charge in [0.1, 0.15) is 5.75 Å². The summed E-state index contributed by atoms with van der Waals surface area (Å²) < 4.78 is 21.7. The molecule has 3 rings (SSSR count). The van der Waals surface area contributed by atoms with E-state index < -0.39 is 29.9 Å². The van der Waals surface area contributed by atoms with Gasteiger partial charge in [0.05, 0.1) is 36.0 Å². The number of carbonyl (C=O) groups excluding carboxylic acids is 4. The van der Waals surface area contributed by atoms with Gasteiger partial charge in [-0.1, -0.05) is 6.07 Å². The lowest BCUT2D eigenvalue weighted by atomic mass is 9.95. The van der Waals surface area contributed by atoms with Gasteiger partial charge in [-0.15, -0.1) is 0 Å². The van der Waals surface area contributed by atoms with Crippen LogP contribution in [0.25, 0.3) is 0 Å². The number of hydrogen-bond donors (Lipinski definition) is 3. The SMILES string of the molecule is CCOC(=O)C1=C(C)NC(=O)N[C@H]1c1ccc(OCC(=O)N/N=C/c2ccc(OC(C)=O)c(Br)c2)c(OC)c1. The molecule has 39 heavy (non-hydrogen) atoms. The average Bonchev–Trinajstić information content (AvgIpc) is 2.88. The lowest BCUT2D eigenvalue weighted by molar-refractivity contribution is -0.139. The van der Waals surface area contributed by atoms with Crippen LogP contribution in [0.3, 0.4) is 0 Å². The molecule has 0 aliphatic carbocycles. The van der Waals surface area contributed by atoms with E-state index in [2.05, 4.69) is 37.1 Å². The zero-order valence-electron chi connectivity index (χ0n) is 21.6. The molecule has 1 aliphatic heterocycles. The molecule has 1 atom stereocenters. The summed E-state index contributed by atoms with van der Waals surface area (Å²) in [4.78, 5) is 48.0. The molecule has 0 saturated carbocycles. The number of allylic oxidation sites excluding steroid dienone is 1. The highest BCUT2D eigenvalue weighted by Crippen LogP contribution is 2.34. The number of benzene rings is 2. The Bertz CT molecular complexity index is 1340. The normalized spacial score (nSPS) is 14.8. The molecule has 0 unspecified atom stereocenters. The highest BCUT2D eigenvalue weighted by Gasteiger charge is 2.32. The van der Waals surface area contributed by atoms with Crippen molar-refractivity contribution in [3.8, 4) is 17.2 Å². The van der Waals surface area contributed by atoms with Crippen molar-refractivity contribution in [3.05, 3.63) is 63.3 Å². The van der Waals surface area contributed by atoms with Gasteiger partial charge < -0.3 is 29.6 Å².